The third-order valence-corrected chi connectivity index (χ3v) is 11.8. The molecule has 78 heavy (non-hydrogen) atoms. The minimum Gasteiger partial charge on any atom is -0.461 e. The van der Waals surface area contributed by atoms with Crippen LogP contribution in [0.5, 0.6) is 0 Å². The number of aliphatic hydroxyl groups excluding tert-OH is 1. The van der Waals surface area contributed by atoms with Crippen molar-refractivity contribution < 1.29 is 52.2 Å². The van der Waals surface area contributed by atoms with Crippen molar-refractivity contribution in [2.75, 3.05) is 26.4 Å². The fourth-order valence-corrected chi connectivity index (χ4v) is 7.40. The Hall–Kier alpha value is -5.42. The van der Waals surface area contributed by atoms with Gasteiger partial charge in [0.25, 0.3) is 0 Å². The number of phosphoric acid groups is 1. The molecule has 0 fully saturated rings. The van der Waals surface area contributed by atoms with E-state index in [4.69, 9.17) is 23.3 Å². The molecule has 0 spiro atoms. The van der Waals surface area contributed by atoms with Crippen molar-refractivity contribution in [2.24, 2.45) is 0 Å². The monoisotopic (exact) mass is 1100 g/mol. The van der Waals surface area contributed by atoms with Crippen molar-refractivity contribution in [2.45, 2.75) is 187 Å². The number of esters is 3. The highest BCUT2D eigenvalue weighted by Crippen LogP contribution is 2.43. The maximum absolute atomic E-state index is 12.9. The van der Waals surface area contributed by atoms with E-state index in [1.165, 1.54) is 0 Å². The first-order chi connectivity index (χ1) is 38.2. The number of allylic oxidation sites excluding steroid dienone is 29. The second-order valence-electron chi connectivity index (χ2n) is 18.0. The van der Waals surface area contributed by atoms with Crippen molar-refractivity contribution in [1.82, 2.24) is 0 Å². The number of carbonyl (C=O) groups excluding carboxylic acids is 3. The number of unbranched alkanes of at least 4 members (excludes halogenated alkanes) is 4. The molecule has 12 heteroatoms. The first-order valence-electron chi connectivity index (χ1n) is 28.7. The molecule has 434 valence electrons. The number of phosphoric ester groups is 1. The van der Waals surface area contributed by atoms with Gasteiger partial charge in [0.15, 0.2) is 6.10 Å². The molecule has 0 aliphatic carbocycles. The van der Waals surface area contributed by atoms with Crippen LogP contribution in [0, 0.1) is 0 Å². The van der Waals surface area contributed by atoms with E-state index in [2.05, 4.69) is 161 Å². The number of ether oxygens (including phenoxy) is 3. The van der Waals surface area contributed by atoms with E-state index >= 15 is 0 Å². The summed E-state index contributed by atoms with van der Waals surface area (Å²) in [5, 5.41) is 9.82. The molecular formula is C66H99O11P. The summed E-state index contributed by atoms with van der Waals surface area (Å²) in [6.45, 7) is 4.04. The minimum atomic E-state index is -4.81. The maximum Gasteiger partial charge on any atom is 0.472 e. The second kappa shape index (κ2) is 57.7. The van der Waals surface area contributed by atoms with Crippen LogP contribution in [-0.2, 0) is 42.2 Å². The molecular weight excluding hydrogens is 1000 g/mol. The molecule has 2 N–H and O–H groups in total. The summed E-state index contributed by atoms with van der Waals surface area (Å²) in [6.07, 6.45) is 79.0. The van der Waals surface area contributed by atoms with E-state index < -0.39 is 64.4 Å². The van der Waals surface area contributed by atoms with Crippen LogP contribution in [0.25, 0.3) is 0 Å². The Morgan fingerprint density at radius 2 is 0.692 bits per heavy atom. The summed E-state index contributed by atoms with van der Waals surface area (Å²) in [6, 6.07) is 0. The predicted octanol–water partition coefficient (Wildman–Crippen LogP) is 17.2. The topological polar surface area (TPSA) is 155 Å². The Balaban J connectivity index is 4.98. The number of hydrogen-bond acceptors (Lipinski definition) is 10. The molecule has 0 rings (SSSR count). The largest absolute Gasteiger partial charge is 0.472 e. The van der Waals surface area contributed by atoms with E-state index in [1.807, 2.05) is 36.5 Å². The predicted molar refractivity (Wildman–Crippen MR) is 324 cm³/mol. The Labute approximate surface area is 471 Å². The summed E-state index contributed by atoms with van der Waals surface area (Å²) >= 11 is 0. The van der Waals surface area contributed by atoms with Crippen molar-refractivity contribution in [3.05, 3.63) is 182 Å². The van der Waals surface area contributed by atoms with Crippen molar-refractivity contribution in [3.63, 3.8) is 0 Å². The highest BCUT2D eigenvalue weighted by molar-refractivity contribution is 7.47. The number of rotatable bonds is 50. The lowest BCUT2D eigenvalue weighted by Crippen LogP contribution is -2.30. The summed E-state index contributed by atoms with van der Waals surface area (Å²) in [4.78, 5) is 48.5. The van der Waals surface area contributed by atoms with E-state index in [0.29, 0.717) is 25.7 Å². The SMILES string of the molecule is CC/C=C\C/C=C\C/C=C\C/C=C\C/C=C\C/C=C\CCC(=O)OC(COC(=O)C/C=C\C/C=C\C/C=C\C/C=C\C/C=C\CC)COP(=O)(O)OCC(CO)OC(=O)CCCCCC/C=C\C/C=C\C/C=C\C/C=C\CC. The molecule has 0 aliphatic rings. The van der Waals surface area contributed by atoms with E-state index in [1.54, 1.807) is 6.08 Å². The van der Waals surface area contributed by atoms with Crippen LogP contribution in [-0.4, -0.2) is 66.5 Å². The summed E-state index contributed by atoms with van der Waals surface area (Å²) in [5.74, 6) is -1.77. The second-order valence-corrected chi connectivity index (χ2v) is 19.4. The van der Waals surface area contributed by atoms with Crippen LogP contribution in [0.1, 0.15) is 175 Å². The van der Waals surface area contributed by atoms with Gasteiger partial charge in [0.2, 0.25) is 0 Å². The van der Waals surface area contributed by atoms with Crippen LogP contribution in [0.3, 0.4) is 0 Å². The van der Waals surface area contributed by atoms with Gasteiger partial charge < -0.3 is 24.2 Å². The van der Waals surface area contributed by atoms with Crippen LogP contribution < -0.4 is 0 Å². The van der Waals surface area contributed by atoms with Gasteiger partial charge in [0, 0.05) is 12.8 Å². The summed E-state index contributed by atoms with van der Waals surface area (Å²) in [5.41, 5.74) is 0. The molecule has 0 aromatic rings. The van der Waals surface area contributed by atoms with Gasteiger partial charge in [-0.15, -0.1) is 0 Å². The van der Waals surface area contributed by atoms with E-state index in [-0.39, 0.29) is 19.3 Å². The minimum absolute atomic E-state index is 0.00944. The average molecular weight is 1100 g/mol. The van der Waals surface area contributed by atoms with Gasteiger partial charge in [-0.2, -0.15) is 0 Å². The Morgan fingerprint density at radius 1 is 0.372 bits per heavy atom. The van der Waals surface area contributed by atoms with Crippen LogP contribution in [0.4, 0.5) is 0 Å². The first kappa shape index (κ1) is 72.6. The molecule has 3 unspecified atom stereocenters. The van der Waals surface area contributed by atoms with Gasteiger partial charge >= 0.3 is 25.7 Å². The Kier molecular flexibility index (Phi) is 53.7. The molecule has 0 saturated heterocycles. The van der Waals surface area contributed by atoms with Gasteiger partial charge in [0.1, 0.15) is 12.7 Å². The molecule has 0 aromatic heterocycles. The maximum atomic E-state index is 12.9. The van der Waals surface area contributed by atoms with Gasteiger partial charge in [-0.3, -0.25) is 23.4 Å². The molecule has 0 radical (unpaired) electrons. The fourth-order valence-electron chi connectivity index (χ4n) is 6.62. The molecule has 0 amide bonds. The van der Waals surface area contributed by atoms with Gasteiger partial charge in [-0.25, -0.2) is 4.57 Å². The van der Waals surface area contributed by atoms with E-state index in [0.717, 1.165) is 109 Å². The molecule has 0 aliphatic heterocycles. The van der Waals surface area contributed by atoms with Gasteiger partial charge in [0.05, 0.1) is 26.2 Å². The summed E-state index contributed by atoms with van der Waals surface area (Å²) in [7, 11) is -4.81. The van der Waals surface area contributed by atoms with Crippen LogP contribution >= 0.6 is 7.82 Å². The summed E-state index contributed by atoms with van der Waals surface area (Å²) < 4.78 is 39.3. The third kappa shape index (κ3) is 55.3. The van der Waals surface area contributed by atoms with E-state index in [9.17, 15) is 28.9 Å². The lowest BCUT2D eigenvalue weighted by atomic mass is 10.1. The first-order valence-corrected chi connectivity index (χ1v) is 30.2. The standard InChI is InChI=1S/C66H99O11P/c1-4-7-10-13-16-19-22-25-28-30-31-33-36-39-42-45-48-51-54-57-66(70)77-63(59-73-64(68)55-52-49-46-43-40-37-34-27-24-21-18-15-12-9-6-3)61-75-78(71,72)74-60-62(58-67)76-65(69)56-53-50-47-44-41-38-35-32-29-26-23-20-17-14-11-8-5-2/h7-12,16-21,25-29,31,33-35,38-40,42-43,48-49,51-52,62-63,67H,4-6,13-15,22-24,30,32,36-37,41,44-47,50,53-61H2,1-3H3,(H,71,72)/b10-7-,11-8-,12-9-,19-16-,20-17-,21-18-,28-25-,29-26-,33-31-,34-27-,38-35-,42-39-,43-40-,51-48-,52-49-. The zero-order valence-corrected chi connectivity index (χ0v) is 48.7. The quantitative estimate of drug-likeness (QED) is 0.0197. The van der Waals surface area contributed by atoms with Gasteiger partial charge in [-0.05, 0) is 122 Å². The molecule has 0 heterocycles. The lowest BCUT2D eigenvalue weighted by molar-refractivity contribution is -0.160. The smallest absolute Gasteiger partial charge is 0.461 e. The number of carbonyl (C=O) groups is 3. The van der Waals surface area contributed by atoms with Crippen LogP contribution in [0.15, 0.2) is 182 Å². The van der Waals surface area contributed by atoms with Crippen molar-refractivity contribution in [3.8, 4) is 0 Å². The third-order valence-electron chi connectivity index (χ3n) is 10.9. The van der Waals surface area contributed by atoms with Gasteiger partial charge in [-0.1, -0.05) is 216 Å². The highest BCUT2D eigenvalue weighted by Gasteiger charge is 2.28. The van der Waals surface area contributed by atoms with Crippen molar-refractivity contribution >= 4 is 25.7 Å². The number of aliphatic hydroxyl groups is 1. The highest BCUT2D eigenvalue weighted by atomic mass is 31.2. The Bertz CT molecular complexity index is 2010. The molecule has 11 nitrogen and oxygen atoms in total. The zero-order chi connectivity index (χ0) is 56.9. The molecule has 0 saturated carbocycles. The average Bonchev–Trinajstić information content (AvgIpc) is 3.43. The zero-order valence-electron chi connectivity index (χ0n) is 47.8. The van der Waals surface area contributed by atoms with Crippen LogP contribution in [0.2, 0.25) is 0 Å². The molecule has 0 bridgehead atoms. The lowest BCUT2D eigenvalue weighted by Gasteiger charge is -2.21. The fraction of sp³-hybridized carbons (Fsp3) is 0.500. The molecule has 3 atom stereocenters. The molecule has 0 aromatic carbocycles. The normalized spacial score (nSPS) is 14.7. The Morgan fingerprint density at radius 3 is 1.09 bits per heavy atom. The van der Waals surface area contributed by atoms with Crippen molar-refractivity contribution in [1.29, 1.82) is 0 Å². The number of hydrogen-bond donors (Lipinski definition) is 2.